The van der Waals surface area contributed by atoms with Gasteiger partial charge in [-0.1, -0.05) is 22.0 Å². The standard InChI is InChI=1S/C5H7Br.C3H6O2/c6-5-3-1-2-4-5;1-2-5-3-4/h3H,1-2,4H2;3H,2H2,1H3. The van der Waals surface area contributed by atoms with Crippen molar-refractivity contribution < 1.29 is 9.53 Å². The predicted octanol–water partition coefficient (Wildman–Crippen LogP) is 2.63. The molecular formula is C8H13BrO2. The van der Waals surface area contributed by atoms with Crippen LogP contribution in [0.1, 0.15) is 26.2 Å². The quantitative estimate of drug-likeness (QED) is 0.670. The lowest BCUT2D eigenvalue weighted by Gasteiger charge is -1.79. The monoisotopic (exact) mass is 220 g/mol. The van der Waals surface area contributed by atoms with Crippen molar-refractivity contribution in [1.82, 2.24) is 0 Å². The molecular weight excluding hydrogens is 208 g/mol. The van der Waals surface area contributed by atoms with E-state index in [1.807, 2.05) is 0 Å². The fourth-order valence-electron chi connectivity index (χ4n) is 0.700. The Kier molecular flexibility index (Phi) is 7.57. The van der Waals surface area contributed by atoms with Crippen LogP contribution in [-0.2, 0) is 9.53 Å². The fourth-order valence-corrected chi connectivity index (χ4v) is 1.21. The number of allylic oxidation sites excluding steroid dienone is 2. The highest BCUT2D eigenvalue weighted by Gasteiger charge is 1.96. The number of rotatable bonds is 2. The van der Waals surface area contributed by atoms with E-state index in [0.29, 0.717) is 13.1 Å². The Labute approximate surface area is 75.7 Å². The smallest absolute Gasteiger partial charge is 0.293 e. The predicted molar refractivity (Wildman–Crippen MR) is 48.6 cm³/mol. The average Bonchev–Trinajstić information content (AvgIpc) is 2.43. The van der Waals surface area contributed by atoms with Gasteiger partial charge in [-0.3, -0.25) is 4.79 Å². The van der Waals surface area contributed by atoms with Gasteiger partial charge in [0.2, 0.25) is 0 Å². The van der Waals surface area contributed by atoms with Gasteiger partial charge >= 0.3 is 0 Å². The van der Waals surface area contributed by atoms with Crippen LogP contribution in [0.5, 0.6) is 0 Å². The van der Waals surface area contributed by atoms with Crippen molar-refractivity contribution >= 4 is 22.4 Å². The summed E-state index contributed by atoms with van der Waals surface area (Å²) in [5.41, 5.74) is 0. The van der Waals surface area contributed by atoms with E-state index in [0.717, 1.165) is 0 Å². The van der Waals surface area contributed by atoms with Crippen LogP contribution in [0.4, 0.5) is 0 Å². The Morgan fingerprint density at radius 1 is 1.82 bits per heavy atom. The zero-order valence-corrected chi connectivity index (χ0v) is 8.26. The molecule has 1 rings (SSSR count). The van der Waals surface area contributed by atoms with Crippen molar-refractivity contribution in [1.29, 1.82) is 0 Å². The van der Waals surface area contributed by atoms with Gasteiger partial charge in [0.25, 0.3) is 6.47 Å². The lowest BCUT2D eigenvalue weighted by atomic mass is 10.4. The zero-order chi connectivity index (χ0) is 8.53. The van der Waals surface area contributed by atoms with E-state index in [1.165, 1.54) is 23.7 Å². The second kappa shape index (κ2) is 7.79. The molecule has 0 bridgehead atoms. The van der Waals surface area contributed by atoms with E-state index in [9.17, 15) is 4.79 Å². The van der Waals surface area contributed by atoms with Gasteiger partial charge in [-0.2, -0.15) is 0 Å². The second-order valence-electron chi connectivity index (χ2n) is 2.09. The number of ether oxygens (including phenoxy) is 1. The Balaban J connectivity index is 0.000000187. The number of carbonyl (C=O) groups is 1. The summed E-state index contributed by atoms with van der Waals surface area (Å²) in [6.07, 6.45) is 6.13. The summed E-state index contributed by atoms with van der Waals surface area (Å²) in [7, 11) is 0. The molecule has 0 N–H and O–H groups in total. The number of hydrogen-bond donors (Lipinski definition) is 0. The van der Waals surface area contributed by atoms with Crippen LogP contribution in [-0.4, -0.2) is 13.1 Å². The van der Waals surface area contributed by atoms with Crippen molar-refractivity contribution in [3.8, 4) is 0 Å². The SMILES string of the molecule is BrC1=CCCC1.CCOC=O. The maximum absolute atomic E-state index is 9.18. The average molecular weight is 221 g/mol. The van der Waals surface area contributed by atoms with E-state index < -0.39 is 0 Å². The Hall–Kier alpha value is -0.310. The Morgan fingerprint density at radius 3 is 2.64 bits per heavy atom. The Bertz CT molecular complexity index is 132. The summed E-state index contributed by atoms with van der Waals surface area (Å²) in [5.74, 6) is 0. The van der Waals surface area contributed by atoms with Gasteiger partial charge in [0.05, 0.1) is 6.61 Å². The van der Waals surface area contributed by atoms with Crippen LogP contribution >= 0.6 is 15.9 Å². The highest BCUT2D eigenvalue weighted by atomic mass is 79.9. The fraction of sp³-hybridized carbons (Fsp3) is 0.625. The topological polar surface area (TPSA) is 26.3 Å². The molecule has 0 aromatic carbocycles. The summed E-state index contributed by atoms with van der Waals surface area (Å²) in [5, 5.41) is 0. The van der Waals surface area contributed by atoms with Gasteiger partial charge in [-0.25, -0.2) is 0 Å². The van der Waals surface area contributed by atoms with Crippen molar-refractivity contribution in [2.24, 2.45) is 0 Å². The molecule has 11 heavy (non-hydrogen) atoms. The summed E-state index contributed by atoms with van der Waals surface area (Å²) in [4.78, 5) is 9.18. The van der Waals surface area contributed by atoms with Gasteiger partial charge in [0, 0.05) is 0 Å². The molecule has 0 radical (unpaired) electrons. The molecule has 0 saturated heterocycles. The first-order valence-corrected chi connectivity index (χ1v) is 4.50. The van der Waals surface area contributed by atoms with Gasteiger partial charge in [0.1, 0.15) is 0 Å². The molecule has 0 atom stereocenters. The van der Waals surface area contributed by atoms with Crippen LogP contribution in [0.25, 0.3) is 0 Å². The minimum atomic E-state index is 0.431. The van der Waals surface area contributed by atoms with Crippen molar-refractivity contribution in [2.45, 2.75) is 26.2 Å². The molecule has 0 heterocycles. The molecule has 0 fully saturated rings. The second-order valence-corrected chi connectivity index (χ2v) is 3.11. The molecule has 0 unspecified atom stereocenters. The van der Waals surface area contributed by atoms with E-state index >= 15 is 0 Å². The molecule has 1 aliphatic rings. The number of hydrogen-bond acceptors (Lipinski definition) is 2. The third kappa shape index (κ3) is 7.59. The van der Waals surface area contributed by atoms with Crippen LogP contribution in [0.3, 0.4) is 0 Å². The van der Waals surface area contributed by atoms with Crippen molar-refractivity contribution in [3.05, 3.63) is 10.6 Å². The lowest BCUT2D eigenvalue weighted by molar-refractivity contribution is -0.128. The van der Waals surface area contributed by atoms with E-state index in [2.05, 4.69) is 26.7 Å². The maximum Gasteiger partial charge on any atom is 0.293 e. The molecule has 0 aliphatic heterocycles. The molecule has 0 spiro atoms. The van der Waals surface area contributed by atoms with E-state index in [-0.39, 0.29) is 0 Å². The van der Waals surface area contributed by atoms with Crippen molar-refractivity contribution in [2.75, 3.05) is 6.61 Å². The molecule has 1 aliphatic carbocycles. The minimum absolute atomic E-state index is 0.431. The summed E-state index contributed by atoms with van der Waals surface area (Å²) >= 11 is 3.40. The number of carbonyl (C=O) groups excluding carboxylic acids is 1. The molecule has 64 valence electrons. The first-order valence-electron chi connectivity index (χ1n) is 3.71. The van der Waals surface area contributed by atoms with E-state index in [4.69, 9.17) is 0 Å². The molecule has 0 saturated carbocycles. The Morgan fingerprint density at radius 2 is 2.55 bits per heavy atom. The van der Waals surface area contributed by atoms with E-state index in [1.54, 1.807) is 6.92 Å². The maximum atomic E-state index is 9.18. The zero-order valence-electron chi connectivity index (χ0n) is 6.68. The molecule has 2 nitrogen and oxygen atoms in total. The minimum Gasteiger partial charge on any atom is -0.468 e. The van der Waals surface area contributed by atoms with Gasteiger partial charge in [0.15, 0.2) is 0 Å². The third-order valence-corrected chi connectivity index (χ3v) is 1.94. The third-order valence-electron chi connectivity index (χ3n) is 1.22. The van der Waals surface area contributed by atoms with Crippen LogP contribution < -0.4 is 0 Å². The molecule has 0 amide bonds. The van der Waals surface area contributed by atoms with Crippen LogP contribution in [0.15, 0.2) is 10.6 Å². The molecule has 3 heteroatoms. The number of halogens is 1. The van der Waals surface area contributed by atoms with Crippen LogP contribution in [0.2, 0.25) is 0 Å². The van der Waals surface area contributed by atoms with Crippen molar-refractivity contribution in [3.63, 3.8) is 0 Å². The molecule has 0 aromatic heterocycles. The van der Waals surface area contributed by atoms with Crippen LogP contribution in [0, 0.1) is 0 Å². The first-order chi connectivity index (χ1) is 5.31. The van der Waals surface area contributed by atoms with Gasteiger partial charge < -0.3 is 4.74 Å². The summed E-state index contributed by atoms with van der Waals surface area (Å²) in [6, 6.07) is 0. The highest BCUT2D eigenvalue weighted by molar-refractivity contribution is 9.11. The highest BCUT2D eigenvalue weighted by Crippen LogP contribution is 2.21. The summed E-state index contributed by atoms with van der Waals surface area (Å²) in [6.45, 7) is 2.66. The largest absolute Gasteiger partial charge is 0.468 e. The molecule has 0 aromatic rings. The normalized spacial score (nSPS) is 14.5. The van der Waals surface area contributed by atoms with Gasteiger partial charge in [-0.05, 0) is 30.7 Å². The van der Waals surface area contributed by atoms with Gasteiger partial charge in [-0.15, -0.1) is 0 Å². The summed E-state index contributed by atoms with van der Waals surface area (Å²) < 4.78 is 5.54. The first kappa shape index (κ1) is 10.7. The lowest BCUT2D eigenvalue weighted by Crippen LogP contribution is -1.80.